The Balaban J connectivity index is 2.52. The fourth-order valence-electron chi connectivity index (χ4n) is 1.57. The van der Waals surface area contributed by atoms with Crippen LogP contribution in [0.2, 0.25) is 5.15 Å². The molecule has 0 aliphatic rings. The molecule has 112 valence electrons. The van der Waals surface area contributed by atoms with Gasteiger partial charge in [-0.1, -0.05) is 25.4 Å². The maximum atomic E-state index is 11.7. The summed E-state index contributed by atoms with van der Waals surface area (Å²) in [4.78, 5) is 20.2. The lowest BCUT2D eigenvalue weighted by Gasteiger charge is -2.20. The highest BCUT2D eigenvalue weighted by molar-refractivity contribution is 6.29. The Morgan fingerprint density at radius 2 is 2.00 bits per heavy atom. The molecule has 0 radical (unpaired) electrons. The van der Waals surface area contributed by atoms with Gasteiger partial charge in [0.25, 0.3) is 0 Å². The minimum Gasteiger partial charge on any atom is -0.369 e. The summed E-state index contributed by atoms with van der Waals surface area (Å²) in [5, 5.41) is 6.42. The molecule has 1 amide bonds. The lowest BCUT2D eigenvalue weighted by molar-refractivity contribution is -0.122. The average molecular weight is 299 g/mol. The number of amides is 1. The van der Waals surface area contributed by atoms with Crippen molar-refractivity contribution in [3.05, 3.63) is 17.0 Å². The number of rotatable bonds is 5. The Kier molecular flexibility index (Phi) is 5.74. The number of halogens is 1. The molecule has 0 unspecified atom stereocenters. The first kappa shape index (κ1) is 16.7. The van der Waals surface area contributed by atoms with Gasteiger partial charge >= 0.3 is 0 Å². The van der Waals surface area contributed by atoms with Crippen LogP contribution in [0, 0.1) is 0 Å². The molecule has 0 aliphatic carbocycles. The van der Waals surface area contributed by atoms with Crippen molar-refractivity contribution in [1.82, 2.24) is 15.3 Å². The molecule has 1 rings (SSSR count). The number of hydrogen-bond acceptors (Lipinski definition) is 4. The van der Waals surface area contributed by atoms with Gasteiger partial charge in [0.1, 0.15) is 16.8 Å². The summed E-state index contributed by atoms with van der Waals surface area (Å²) in [6.45, 7) is 10.4. The highest BCUT2D eigenvalue weighted by Gasteiger charge is 2.13. The fraction of sp³-hybridized carbons (Fsp3) is 0.643. The van der Waals surface area contributed by atoms with Gasteiger partial charge in [-0.3, -0.25) is 4.79 Å². The van der Waals surface area contributed by atoms with Crippen LogP contribution < -0.4 is 10.6 Å². The van der Waals surface area contributed by atoms with Crippen LogP contribution in [-0.2, 0) is 4.79 Å². The van der Waals surface area contributed by atoms with Crippen molar-refractivity contribution < 1.29 is 4.79 Å². The molecule has 1 heterocycles. The molecule has 0 bridgehead atoms. The summed E-state index contributed by atoms with van der Waals surface area (Å²) in [7, 11) is 0. The van der Waals surface area contributed by atoms with Gasteiger partial charge < -0.3 is 10.6 Å². The summed E-state index contributed by atoms with van der Waals surface area (Å²) >= 11 is 5.95. The van der Waals surface area contributed by atoms with Crippen LogP contribution in [0.1, 0.15) is 52.8 Å². The van der Waals surface area contributed by atoms with E-state index in [4.69, 9.17) is 11.6 Å². The molecule has 1 aromatic rings. The van der Waals surface area contributed by atoms with Crippen LogP contribution >= 0.6 is 11.6 Å². The van der Waals surface area contributed by atoms with Crippen LogP contribution in [0.3, 0.4) is 0 Å². The van der Waals surface area contributed by atoms with E-state index >= 15 is 0 Å². The van der Waals surface area contributed by atoms with E-state index in [-0.39, 0.29) is 17.4 Å². The highest BCUT2D eigenvalue weighted by Crippen LogP contribution is 2.16. The van der Waals surface area contributed by atoms with Gasteiger partial charge in [-0.15, -0.1) is 0 Å². The third kappa shape index (κ3) is 6.19. The predicted molar refractivity (Wildman–Crippen MR) is 82.1 cm³/mol. The first-order chi connectivity index (χ1) is 9.17. The zero-order valence-electron chi connectivity index (χ0n) is 12.7. The van der Waals surface area contributed by atoms with Crippen molar-refractivity contribution in [2.45, 2.75) is 52.5 Å². The Hall–Kier alpha value is -1.36. The van der Waals surface area contributed by atoms with Crippen LogP contribution in [0.5, 0.6) is 0 Å². The second-order valence-corrected chi connectivity index (χ2v) is 6.45. The van der Waals surface area contributed by atoms with Gasteiger partial charge in [0.15, 0.2) is 0 Å². The van der Waals surface area contributed by atoms with E-state index in [0.717, 1.165) is 0 Å². The molecule has 1 aromatic heterocycles. The molecular formula is C14H23ClN4O. The highest BCUT2D eigenvalue weighted by atomic mass is 35.5. The van der Waals surface area contributed by atoms with Gasteiger partial charge in [-0.2, -0.15) is 0 Å². The quantitative estimate of drug-likeness (QED) is 0.820. The van der Waals surface area contributed by atoms with Crippen LogP contribution in [0.25, 0.3) is 0 Å². The number of nitrogens with one attached hydrogen (secondary N) is 2. The minimum atomic E-state index is -0.208. The second-order valence-electron chi connectivity index (χ2n) is 6.06. The van der Waals surface area contributed by atoms with E-state index in [9.17, 15) is 4.79 Å². The second kappa shape index (κ2) is 6.88. The zero-order valence-corrected chi connectivity index (χ0v) is 13.5. The topological polar surface area (TPSA) is 66.9 Å². The molecule has 5 nitrogen and oxygen atoms in total. The van der Waals surface area contributed by atoms with Crippen molar-refractivity contribution in [3.63, 3.8) is 0 Å². The maximum Gasteiger partial charge on any atom is 0.222 e. The molecule has 6 heteroatoms. The van der Waals surface area contributed by atoms with E-state index in [0.29, 0.717) is 29.8 Å². The third-order valence-electron chi connectivity index (χ3n) is 2.40. The number of hydrogen-bond donors (Lipinski definition) is 2. The largest absolute Gasteiger partial charge is 0.369 e. The van der Waals surface area contributed by atoms with E-state index < -0.39 is 0 Å². The molecule has 0 aliphatic heterocycles. The number of nitrogens with zero attached hydrogens (tertiary/aromatic N) is 2. The molecule has 0 aromatic carbocycles. The van der Waals surface area contributed by atoms with Crippen molar-refractivity contribution in [2.24, 2.45) is 0 Å². The third-order valence-corrected chi connectivity index (χ3v) is 2.59. The summed E-state index contributed by atoms with van der Waals surface area (Å²) in [6, 6.07) is 1.66. The maximum absolute atomic E-state index is 11.7. The van der Waals surface area contributed by atoms with Crippen molar-refractivity contribution in [3.8, 4) is 0 Å². The van der Waals surface area contributed by atoms with Crippen LogP contribution in [0.4, 0.5) is 5.82 Å². The van der Waals surface area contributed by atoms with E-state index in [1.807, 2.05) is 34.6 Å². The predicted octanol–water partition coefficient (Wildman–Crippen LogP) is 2.97. The molecule has 0 saturated heterocycles. The number of carbonyl (C=O) groups is 1. The lowest BCUT2D eigenvalue weighted by Crippen LogP contribution is -2.41. The number of anilines is 1. The lowest BCUT2D eigenvalue weighted by atomic mass is 10.1. The molecular weight excluding hydrogens is 276 g/mol. The minimum absolute atomic E-state index is 0.00855. The van der Waals surface area contributed by atoms with Crippen LogP contribution in [-0.4, -0.2) is 28.0 Å². The van der Waals surface area contributed by atoms with Gasteiger partial charge in [-0.05, 0) is 20.8 Å². The van der Waals surface area contributed by atoms with Crippen molar-refractivity contribution >= 4 is 23.3 Å². The van der Waals surface area contributed by atoms with Gasteiger partial charge in [0.2, 0.25) is 5.91 Å². The van der Waals surface area contributed by atoms with Crippen LogP contribution in [0.15, 0.2) is 6.07 Å². The Morgan fingerprint density at radius 1 is 1.35 bits per heavy atom. The summed E-state index contributed by atoms with van der Waals surface area (Å²) in [5.41, 5.74) is -0.208. The van der Waals surface area contributed by atoms with E-state index in [2.05, 4.69) is 20.6 Å². The first-order valence-corrected chi connectivity index (χ1v) is 7.14. The van der Waals surface area contributed by atoms with E-state index in [1.165, 1.54) is 0 Å². The Bertz CT molecular complexity index is 469. The summed E-state index contributed by atoms with van der Waals surface area (Å²) < 4.78 is 0. The molecule has 0 saturated carbocycles. The summed E-state index contributed by atoms with van der Waals surface area (Å²) in [6.07, 6.45) is 0.385. The molecule has 20 heavy (non-hydrogen) atoms. The zero-order chi connectivity index (χ0) is 15.3. The molecule has 2 N–H and O–H groups in total. The summed E-state index contributed by atoms with van der Waals surface area (Å²) in [5.74, 6) is 1.56. The molecule has 0 atom stereocenters. The molecule has 0 fully saturated rings. The normalized spacial score (nSPS) is 11.6. The Labute approximate surface area is 125 Å². The van der Waals surface area contributed by atoms with Crippen molar-refractivity contribution in [2.75, 3.05) is 11.9 Å². The SMILES string of the molecule is CC(C)c1nc(Cl)cc(NCCC(=O)NC(C)(C)C)n1. The smallest absolute Gasteiger partial charge is 0.222 e. The molecule has 0 spiro atoms. The fourth-order valence-corrected chi connectivity index (χ4v) is 1.76. The van der Waals surface area contributed by atoms with Crippen molar-refractivity contribution in [1.29, 1.82) is 0 Å². The number of aromatic nitrogens is 2. The average Bonchev–Trinajstić information content (AvgIpc) is 2.25. The first-order valence-electron chi connectivity index (χ1n) is 6.77. The number of carbonyl (C=O) groups excluding carboxylic acids is 1. The van der Waals surface area contributed by atoms with Gasteiger partial charge in [0, 0.05) is 30.5 Å². The van der Waals surface area contributed by atoms with Gasteiger partial charge in [-0.25, -0.2) is 9.97 Å². The monoisotopic (exact) mass is 298 g/mol. The van der Waals surface area contributed by atoms with E-state index in [1.54, 1.807) is 6.07 Å². The van der Waals surface area contributed by atoms with Gasteiger partial charge in [0.05, 0.1) is 0 Å². The standard InChI is InChI=1S/C14H23ClN4O/c1-9(2)13-17-10(15)8-11(18-13)16-7-6-12(20)19-14(3,4)5/h8-9H,6-7H2,1-5H3,(H,19,20)(H,16,17,18). The Morgan fingerprint density at radius 3 is 2.55 bits per heavy atom.